The van der Waals surface area contributed by atoms with Gasteiger partial charge in [0.25, 0.3) is 11.8 Å². The molecule has 3 heterocycles. The summed E-state index contributed by atoms with van der Waals surface area (Å²) in [6.07, 6.45) is 4.29. The van der Waals surface area contributed by atoms with Crippen LogP contribution in [0.25, 0.3) is 0 Å². The molecule has 1 amide bonds. The first-order chi connectivity index (χ1) is 10.9. The number of carbonyl (C=O) groups excluding carboxylic acids is 1. The molecule has 0 aromatic carbocycles. The first-order valence-corrected chi connectivity index (χ1v) is 7.69. The van der Waals surface area contributed by atoms with Gasteiger partial charge in [-0.3, -0.25) is 14.7 Å². The molecular weight excluding hydrogens is 304 g/mol. The number of carbonyl (C=O) groups is 1. The molecule has 2 aliphatic rings. The van der Waals surface area contributed by atoms with E-state index in [-0.39, 0.29) is 31.0 Å². The van der Waals surface area contributed by atoms with Crippen molar-refractivity contribution in [3.05, 3.63) is 24.3 Å². The fourth-order valence-corrected chi connectivity index (χ4v) is 3.34. The molecule has 0 N–H and O–H groups in total. The summed E-state index contributed by atoms with van der Waals surface area (Å²) in [4.78, 5) is 25.5. The molecule has 2 aliphatic heterocycles. The van der Waals surface area contributed by atoms with Crippen LogP contribution in [-0.4, -0.2) is 88.9 Å². The van der Waals surface area contributed by atoms with Crippen LogP contribution in [0.5, 0.6) is 0 Å². The van der Waals surface area contributed by atoms with E-state index in [9.17, 15) is 13.6 Å². The molecule has 0 bridgehead atoms. The van der Waals surface area contributed by atoms with Crippen LogP contribution in [0.1, 0.15) is 16.9 Å². The second-order valence-corrected chi connectivity index (χ2v) is 6.60. The van der Waals surface area contributed by atoms with Crippen LogP contribution < -0.4 is 0 Å². The Kier molecular flexibility index (Phi) is 4.29. The summed E-state index contributed by atoms with van der Waals surface area (Å²) < 4.78 is 27.6. The first kappa shape index (κ1) is 16.2. The van der Waals surface area contributed by atoms with Crippen molar-refractivity contribution in [1.82, 2.24) is 24.7 Å². The smallest absolute Gasteiger partial charge is 0.274 e. The highest BCUT2D eigenvalue weighted by molar-refractivity contribution is 5.92. The largest absolute Gasteiger partial charge is 0.334 e. The van der Waals surface area contributed by atoms with Crippen molar-refractivity contribution >= 4 is 5.91 Å². The summed E-state index contributed by atoms with van der Waals surface area (Å²) in [7, 11) is 3.78. The maximum Gasteiger partial charge on any atom is 0.274 e. The van der Waals surface area contributed by atoms with Gasteiger partial charge in [0, 0.05) is 50.5 Å². The fraction of sp³-hybridized carbons (Fsp3) is 0.667. The molecule has 2 fully saturated rings. The van der Waals surface area contributed by atoms with Crippen LogP contribution in [0.2, 0.25) is 0 Å². The van der Waals surface area contributed by atoms with Gasteiger partial charge in [0.05, 0.1) is 12.7 Å². The van der Waals surface area contributed by atoms with Crippen molar-refractivity contribution in [2.24, 2.45) is 0 Å². The lowest BCUT2D eigenvalue weighted by Gasteiger charge is -2.46. The number of alkyl halides is 2. The summed E-state index contributed by atoms with van der Waals surface area (Å²) in [5, 5.41) is 0. The standard InChI is InChI=1S/C15H21F2N5O/c1-20(2)7-11-5-15(16,17)10-22(11)12-8-21(9-12)14(23)13-6-18-3-4-19-13/h3-4,6,11-12H,5,7-10H2,1-2H3/t11-/m0/s1. The van der Waals surface area contributed by atoms with Gasteiger partial charge < -0.3 is 9.80 Å². The van der Waals surface area contributed by atoms with E-state index in [1.165, 1.54) is 18.6 Å². The summed E-state index contributed by atoms with van der Waals surface area (Å²) in [6, 6.07) is -0.173. The highest BCUT2D eigenvalue weighted by atomic mass is 19.3. The Morgan fingerprint density at radius 3 is 2.74 bits per heavy atom. The van der Waals surface area contributed by atoms with Crippen molar-refractivity contribution in [3.63, 3.8) is 0 Å². The van der Waals surface area contributed by atoms with Crippen LogP contribution >= 0.6 is 0 Å². The van der Waals surface area contributed by atoms with E-state index in [4.69, 9.17) is 0 Å². The Morgan fingerprint density at radius 2 is 2.13 bits per heavy atom. The van der Waals surface area contributed by atoms with Gasteiger partial charge in [-0.1, -0.05) is 0 Å². The average Bonchev–Trinajstić information content (AvgIpc) is 2.72. The predicted molar refractivity (Wildman–Crippen MR) is 80.3 cm³/mol. The lowest BCUT2D eigenvalue weighted by Crippen LogP contribution is -2.63. The highest BCUT2D eigenvalue weighted by Gasteiger charge is 2.50. The molecule has 0 spiro atoms. The molecular formula is C15H21F2N5O. The van der Waals surface area contributed by atoms with Crippen LogP contribution in [0.3, 0.4) is 0 Å². The predicted octanol–water partition coefficient (Wildman–Crippen LogP) is 0.572. The van der Waals surface area contributed by atoms with Crippen LogP contribution in [0, 0.1) is 0 Å². The van der Waals surface area contributed by atoms with Crippen molar-refractivity contribution in [2.75, 3.05) is 40.3 Å². The number of likely N-dealkylation sites (tertiary alicyclic amines) is 2. The second-order valence-electron chi connectivity index (χ2n) is 6.60. The minimum Gasteiger partial charge on any atom is -0.334 e. The number of aromatic nitrogens is 2. The lowest BCUT2D eigenvalue weighted by atomic mass is 10.0. The molecule has 0 radical (unpaired) electrons. The number of hydrogen-bond acceptors (Lipinski definition) is 5. The maximum atomic E-state index is 13.8. The van der Waals surface area contributed by atoms with E-state index in [0.717, 1.165) is 0 Å². The Hall–Kier alpha value is -1.67. The van der Waals surface area contributed by atoms with Crippen LogP contribution in [0.15, 0.2) is 18.6 Å². The summed E-state index contributed by atoms with van der Waals surface area (Å²) >= 11 is 0. The van der Waals surface area contributed by atoms with Crippen LogP contribution in [0.4, 0.5) is 8.78 Å². The zero-order valence-corrected chi connectivity index (χ0v) is 13.3. The Bertz CT molecular complexity index is 562. The highest BCUT2D eigenvalue weighted by Crippen LogP contribution is 2.35. The van der Waals surface area contributed by atoms with E-state index in [2.05, 4.69) is 9.97 Å². The van der Waals surface area contributed by atoms with Gasteiger partial charge in [-0.05, 0) is 14.1 Å². The summed E-state index contributed by atoms with van der Waals surface area (Å²) in [5.74, 6) is -2.83. The van der Waals surface area contributed by atoms with Gasteiger partial charge >= 0.3 is 0 Å². The number of hydrogen-bond donors (Lipinski definition) is 0. The minimum absolute atomic E-state index is 0.00561. The molecule has 126 valence electrons. The molecule has 1 aromatic heterocycles. The van der Waals surface area contributed by atoms with Gasteiger partial charge in [0.1, 0.15) is 5.69 Å². The van der Waals surface area contributed by atoms with Crippen molar-refractivity contribution in [3.8, 4) is 0 Å². The zero-order chi connectivity index (χ0) is 16.6. The van der Waals surface area contributed by atoms with Gasteiger partial charge in [0.15, 0.2) is 0 Å². The number of rotatable bonds is 4. The van der Waals surface area contributed by atoms with Crippen molar-refractivity contribution < 1.29 is 13.6 Å². The molecule has 1 atom stereocenters. The molecule has 8 heteroatoms. The van der Waals surface area contributed by atoms with Gasteiger partial charge in [-0.2, -0.15) is 0 Å². The first-order valence-electron chi connectivity index (χ1n) is 7.69. The molecule has 0 saturated carbocycles. The number of likely N-dealkylation sites (N-methyl/N-ethyl adjacent to an activating group) is 1. The van der Waals surface area contributed by atoms with Crippen molar-refractivity contribution in [2.45, 2.75) is 24.4 Å². The van der Waals surface area contributed by atoms with E-state index in [0.29, 0.717) is 25.3 Å². The fourth-order valence-electron chi connectivity index (χ4n) is 3.34. The van der Waals surface area contributed by atoms with E-state index in [1.54, 1.807) is 4.90 Å². The normalized spacial score (nSPS) is 24.9. The third kappa shape index (κ3) is 3.48. The Labute approximate surface area is 134 Å². The SMILES string of the molecule is CN(C)C[C@@H]1CC(F)(F)CN1C1CN(C(=O)c2cnccn2)C1. The monoisotopic (exact) mass is 325 g/mol. The molecule has 1 aromatic rings. The molecule has 6 nitrogen and oxygen atoms in total. The molecule has 3 rings (SSSR count). The van der Waals surface area contributed by atoms with Gasteiger partial charge in [0.2, 0.25) is 0 Å². The third-order valence-electron chi connectivity index (χ3n) is 4.39. The van der Waals surface area contributed by atoms with E-state index >= 15 is 0 Å². The van der Waals surface area contributed by atoms with E-state index in [1.807, 2.05) is 23.9 Å². The summed E-state index contributed by atoms with van der Waals surface area (Å²) in [5.41, 5.74) is 0.294. The van der Waals surface area contributed by atoms with Gasteiger partial charge in [-0.15, -0.1) is 0 Å². The topological polar surface area (TPSA) is 52.6 Å². The average molecular weight is 325 g/mol. The van der Waals surface area contributed by atoms with Gasteiger partial charge in [-0.25, -0.2) is 13.8 Å². The molecule has 0 unspecified atom stereocenters. The number of amides is 1. The summed E-state index contributed by atoms with van der Waals surface area (Å²) in [6.45, 7) is 1.32. The minimum atomic E-state index is -2.64. The number of nitrogens with zero attached hydrogens (tertiary/aromatic N) is 5. The molecule has 23 heavy (non-hydrogen) atoms. The Morgan fingerprint density at radius 1 is 1.39 bits per heavy atom. The van der Waals surface area contributed by atoms with Crippen molar-refractivity contribution in [1.29, 1.82) is 0 Å². The third-order valence-corrected chi connectivity index (χ3v) is 4.39. The number of halogens is 2. The zero-order valence-electron chi connectivity index (χ0n) is 13.3. The van der Waals surface area contributed by atoms with Crippen LogP contribution in [-0.2, 0) is 0 Å². The Balaban J connectivity index is 1.60. The molecule has 0 aliphatic carbocycles. The second kappa shape index (κ2) is 6.09. The maximum absolute atomic E-state index is 13.8. The quantitative estimate of drug-likeness (QED) is 0.810. The molecule has 2 saturated heterocycles. The lowest BCUT2D eigenvalue weighted by molar-refractivity contribution is -0.0116. The van der Waals surface area contributed by atoms with E-state index < -0.39 is 5.92 Å².